The Kier molecular flexibility index (Phi) is 5.98. The summed E-state index contributed by atoms with van der Waals surface area (Å²) in [5.41, 5.74) is 5.34. The van der Waals surface area contributed by atoms with Gasteiger partial charge in [0.2, 0.25) is 0 Å². The summed E-state index contributed by atoms with van der Waals surface area (Å²) in [7, 11) is 0. The second-order valence-corrected chi connectivity index (χ2v) is 6.37. The first-order valence-electron chi connectivity index (χ1n) is 8.03. The van der Waals surface area contributed by atoms with Crippen LogP contribution in [0.1, 0.15) is 34.5 Å². The molecule has 0 aliphatic heterocycles. The van der Waals surface area contributed by atoms with Gasteiger partial charge in [0.1, 0.15) is 0 Å². The van der Waals surface area contributed by atoms with E-state index in [1.165, 1.54) is 6.07 Å². The van der Waals surface area contributed by atoms with E-state index < -0.39 is 23.3 Å². The number of aryl methyl sites for hydroxylation is 1. The molecule has 1 heterocycles. The molecule has 1 atom stereocenters. The zero-order valence-corrected chi connectivity index (χ0v) is 14.9. The Balaban J connectivity index is 0.00000243. The summed E-state index contributed by atoms with van der Waals surface area (Å²) in [6, 6.07) is 6.27. The highest BCUT2D eigenvalue weighted by Crippen LogP contribution is 2.34. The third-order valence-electron chi connectivity index (χ3n) is 4.25. The summed E-state index contributed by atoms with van der Waals surface area (Å²) in [6.07, 6.45) is -1.78. The van der Waals surface area contributed by atoms with Crippen LogP contribution >= 0.6 is 12.4 Å². The SMILES string of the molecule is Cc1cccc(-n2ncc(C(=O)NCC(N)C3CC3)c2C(F)(F)F)c1.Cl. The number of nitrogens with zero attached hydrogens (tertiary/aromatic N) is 2. The highest BCUT2D eigenvalue weighted by Gasteiger charge is 2.40. The number of hydrogen-bond donors (Lipinski definition) is 2. The number of amides is 1. The van der Waals surface area contributed by atoms with Crippen molar-refractivity contribution in [3.63, 3.8) is 0 Å². The second kappa shape index (κ2) is 7.67. The van der Waals surface area contributed by atoms with Gasteiger partial charge in [0.05, 0.1) is 17.4 Å². The summed E-state index contributed by atoms with van der Waals surface area (Å²) in [5.74, 6) is -0.472. The Bertz CT molecular complexity index is 787. The summed E-state index contributed by atoms with van der Waals surface area (Å²) >= 11 is 0. The molecule has 3 rings (SSSR count). The van der Waals surface area contributed by atoms with Gasteiger partial charge in [-0.25, -0.2) is 4.68 Å². The van der Waals surface area contributed by atoms with Gasteiger partial charge in [-0.2, -0.15) is 18.3 Å². The first-order chi connectivity index (χ1) is 11.8. The van der Waals surface area contributed by atoms with E-state index in [4.69, 9.17) is 5.73 Å². The molecule has 0 spiro atoms. The van der Waals surface area contributed by atoms with E-state index in [1.807, 2.05) is 0 Å². The van der Waals surface area contributed by atoms with Crippen LogP contribution in [0.5, 0.6) is 0 Å². The Morgan fingerprint density at radius 3 is 2.69 bits per heavy atom. The average Bonchev–Trinajstić information content (AvgIpc) is 3.29. The monoisotopic (exact) mass is 388 g/mol. The van der Waals surface area contributed by atoms with Gasteiger partial charge in [-0.05, 0) is 43.4 Å². The van der Waals surface area contributed by atoms with E-state index in [9.17, 15) is 18.0 Å². The smallest absolute Gasteiger partial charge is 0.350 e. The van der Waals surface area contributed by atoms with Gasteiger partial charge in [-0.15, -0.1) is 12.4 Å². The Morgan fingerprint density at radius 1 is 1.42 bits per heavy atom. The van der Waals surface area contributed by atoms with Crippen molar-refractivity contribution >= 4 is 18.3 Å². The summed E-state index contributed by atoms with van der Waals surface area (Å²) in [6.45, 7) is 1.92. The van der Waals surface area contributed by atoms with Crippen LogP contribution in [0.4, 0.5) is 13.2 Å². The van der Waals surface area contributed by atoms with Crippen LogP contribution in [-0.4, -0.2) is 28.3 Å². The van der Waals surface area contributed by atoms with Crippen molar-refractivity contribution in [3.05, 3.63) is 47.3 Å². The number of halogens is 4. The minimum atomic E-state index is -4.72. The highest BCUT2D eigenvalue weighted by atomic mass is 35.5. The van der Waals surface area contributed by atoms with Crippen LogP contribution in [0.25, 0.3) is 5.69 Å². The van der Waals surface area contributed by atoms with Gasteiger partial charge in [0.25, 0.3) is 5.91 Å². The molecule has 1 aromatic carbocycles. The van der Waals surface area contributed by atoms with Gasteiger partial charge in [-0.3, -0.25) is 4.79 Å². The van der Waals surface area contributed by atoms with Crippen LogP contribution in [-0.2, 0) is 6.18 Å². The van der Waals surface area contributed by atoms with Crippen LogP contribution in [0, 0.1) is 12.8 Å². The summed E-state index contributed by atoms with van der Waals surface area (Å²) < 4.78 is 41.4. The average molecular weight is 389 g/mol. The van der Waals surface area contributed by atoms with Gasteiger partial charge in [-0.1, -0.05) is 12.1 Å². The number of carbonyl (C=O) groups is 1. The lowest BCUT2D eigenvalue weighted by molar-refractivity contribution is -0.143. The number of aromatic nitrogens is 2. The molecule has 1 aromatic heterocycles. The Hall–Kier alpha value is -2.06. The molecule has 142 valence electrons. The minimum absolute atomic E-state index is 0. The van der Waals surface area contributed by atoms with E-state index in [-0.39, 0.29) is 30.7 Å². The molecule has 1 saturated carbocycles. The van der Waals surface area contributed by atoms with Gasteiger partial charge >= 0.3 is 6.18 Å². The van der Waals surface area contributed by atoms with Crippen molar-refractivity contribution in [1.82, 2.24) is 15.1 Å². The number of benzene rings is 1. The number of rotatable bonds is 5. The van der Waals surface area contributed by atoms with Gasteiger partial charge < -0.3 is 11.1 Å². The van der Waals surface area contributed by atoms with Crippen molar-refractivity contribution in [2.24, 2.45) is 11.7 Å². The number of hydrogen-bond acceptors (Lipinski definition) is 3. The molecule has 5 nitrogen and oxygen atoms in total. The fourth-order valence-corrected chi connectivity index (χ4v) is 2.74. The quantitative estimate of drug-likeness (QED) is 0.826. The van der Waals surface area contributed by atoms with Crippen LogP contribution in [0.3, 0.4) is 0 Å². The van der Waals surface area contributed by atoms with E-state index in [0.717, 1.165) is 29.3 Å². The lowest BCUT2D eigenvalue weighted by Crippen LogP contribution is -2.39. The third kappa shape index (κ3) is 4.37. The first-order valence-corrected chi connectivity index (χ1v) is 8.03. The first kappa shape index (κ1) is 20.3. The molecule has 26 heavy (non-hydrogen) atoms. The minimum Gasteiger partial charge on any atom is -0.350 e. The zero-order valence-electron chi connectivity index (χ0n) is 14.1. The molecule has 1 amide bonds. The topological polar surface area (TPSA) is 72.9 Å². The summed E-state index contributed by atoms with van der Waals surface area (Å²) in [5, 5.41) is 6.29. The predicted molar refractivity (Wildman–Crippen MR) is 93.6 cm³/mol. The van der Waals surface area contributed by atoms with Crippen molar-refractivity contribution in [3.8, 4) is 5.69 Å². The number of nitrogens with two attached hydrogens (primary N) is 1. The van der Waals surface area contributed by atoms with Crippen LogP contribution in [0.15, 0.2) is 30.5 Å². The molecule has 2 aromatic rings. The van der Waals surface area contributed by atoms with Gasteiger partial charge in [0, 0.05) is 12.6 Å². The van der Waals surface area contributed by atoms with E-state index >= 15 is 0 Å². The molecule has 9 heteroatoms. The van der Waals surface area contributed by atoms with E-state index in [1.54, 1.807) is 25.1 Å². The Labute approximate surface area is 155 Å². The lowest BCUT2D eigenvalue weighted by Gasteiger charge is -2.14. The number of carbonyl (C=O) groups excluding carboxylic acids is 1. The molecular weight excluding hydrogens is 369 g/mol. The van der Waals surface area contributed by atoms with E-state index in [0.29, 0.717) is 5.92 Å². The van der Waals surface area contributed by atoms with Crippen molar-refractivity contribution < 1.29 is 18.0 Å². The maximum Gasteiger partial charge on any atom is 0.434 e. The standard InChI is InChI=1S/C17H19F3N4O.ClH/c1-10-3-2-4-12(7-10)24-15(17(18,19)20)13(8-23-24)16(25)22-9-14(21)11-5-6-11;/h2-4,7-8,11,14H,5-6,9,21H2,1H3,(H,22,25);1H. The molecule has 1 aliphatic rings. The highest BCUT2D eigenvalue weighted by molar-refractivity contribution is 5.95. The maximum absolute atomic E-state index is 13.6. The van der Waals surface area contributed by atoms with E-state index in [2.05, 4.69) is 10.4 Å². The Morgan fingerprint density at radius 2 is 2.12 bits per heavy atom. The second-order valence-electron chi connectivity index (χ2n) is 6.37. The molecule has 1 fully saturated rings. The van der Waals surface area contributed by atoms with Crippen molar-refractivity contribution in [2.45, 2.75) is 32.0 Å². The lowest BCUT2D eigenvalue weighted by atomic mass is 10.1. The fourth-order valence-electron chi connectivity index (χ4n) is 2.74. The fraction of sp³-hybridized carbons (Fsp3) is 0.412. The van der Waals surface area contributed by atoms with Crippen LogP contribution < -0.4 is 11.1 Å². The molecule has 0 saturated heterocycles. The normalized spacial score (nSPS) is 15.3. The number of nitrogens with one attached hydrogen (secondary N) is 1. The molecule has 0 bridgehead atoms. The van der Waals surface area contributed by atoms with Crippen molar-refractivity contribution in [2.75, 3.05) is 6.54 Å². The predicted octanol–water partition coefficient (Wildman–Crippen LogP) is 3.09. The van der Waals surface area contributed by atoms with Crippen LogP contribution in [0.2, 0.25) is 0 Å². The molecule has 3 N–H and O–H groups in total. The largest absolute Gasteiger partial charge is 0.434 e. The molecular formula is C17H20ClF3N4O. The van der Waals surface area contributed by atoms with Gasteiger partial charge in [0.15, 0.2) is 5.69 Å². The van der Waals surface area contributed by atoms with Crippen molar-refractivity contribution in [1.29, 1.82) is 0 Å². The third-order valence-corrected chi connectivity index (χ3v) is 4.25. The maximum atomic E-state index is 13.6. The number of alkyl halides is 3. The molecule has 1 unspecified atom stereocenters. The molecule has 0 radical (unpaired) electrons. The molecule has 1 aliphatic carbocycles. The zero-order chi connectivity index (χ0) is 18.2. The summed E-state index contributed by atoms with van der Waals surface area (Å²) in [4.78, 5) is 12.3.